The topological polar surface area (TPSA) is 46.9 Å². The van der Waals surface area contributed by atoms with E-state index in [1.165, 1.54) is 0 Å². The van der Waals surface area contributed by atoms with E-state index < -0.39 is 6.10 Å². The molecule has 0 spiro atoms. The summed E-state index contributed by atoms with van der Waals surface area (Å²) in [6, 6.07) is 5.51. The van der Waals surface area contributed by atoms with Crippen LogP contribution >= 0.6 is 23.2 Å². The van der Waals surface area contributed by atoms with E-state index in [-0.39, 0.29) is 6.10 Å². The zero-order chi connectivity index (χ0) is 16.3. The molecular formula is C16H24Cl2N2O2. The highest BCUT2D eigenvalue weighted by molar-refractivity contribution is 6.33. The molecule has 1 heterocycles. The van der Waals surface area contributed by atoms with Crippen molar-refractivity contribution in [2.45, 2.75) is 32.1 Å². The van der Waals surface area contributed by atoms with Crippen LogP contribution in [0.3, 0.4) is 0 Å². The summed E-state index contributed by atoms with van der Waals surface area (Å²) in [5, 5.41) is 21.1. The van der Waals surface area contributed by atoms with Crippen molar-refractivity contribution in [1.29, 1.82) is 0 Å². The maximum atomic E-state index is 10.4. The SMILES string of the molecule is CC(O)CN1CCN(CC(O)c2cc(Cl)ccc2Cl)CC1C. The Bertz CT molecular complexity index is 499. The second-order valence-corrected chi connectivity index (χ2v) is 6.98. The third-order valence-electron chi connectivity index (χ3n) is 4.10. The van der Waals surface area contributed by atoms with E-state index in [0.717, 1.165) is 19.6 Å². The highest BCUT2D eigenvalue weighted by Gasteiger charge is 2.26. The number of rotatable bonds is 5. The first kappa shape index (κ1) is 18.0. The first-order valence-electron chi connectivity index (χ1n) is 7.64. The van der Waals surface area contributed by atoms with Crippen molar-refractivity contribution in [3.05, 3.63) is 33.8 Å². The summed E-state index contributed by atoms with van der Waals surface area (Å²) in [4.78, 5) is 4.50. The van der Waals surface area contributed by atoms with Crippen molar-refractivity contribution in [2.75, 3.05) is 32.7 Å². The van der Waals surface area contributed by atoms with Gasteiger partial charge in [0.15, 0.2) is 0 Å². The van der Waals surface area contributed by atoms with Crippen LogP contribution in [0.2, 0.25) is 10.0 Å². The lowest BCUT2D eigenvalue weighted by molar-refractivity contribution is 0.0240. The molecule has 1 aromatic carbocycles. The maximum absolute atomic E-state index is 10.4. The fourth-order valence-electron chi connectivity index (χ4n) is 2.96. The molecule has 1 saturated heterocycles. The first-order valence-corrected chi connectivity index (χ1v) is 8.40. The summed E-state index contributed by atoms with van der Waals surface area (Å²) in [6.45, 7) is 7.80. The quantitative estimate of drug-likeness (QED) is 0.859. The lowest BCUT2D eigenvalue weighted by Gasteiger charge is -2.41. The van der Waals surface area contributed by atoms with Gasteiger partial charge in [0, 0.05) is 54.4 Å². The van der Waals surface area contributed by atoms with Gasteiger partial charge >= 0.3 is 0 Å². The highest BCUT2D eigenvalue weighted by Crippen LogP contribution is 2.27. The van der Waals surface area contributed by atoms with E-state index in [9.17, 15) is 10.2 Å². The lowest BCUT2D eigenvalue weighted by atomic mass is 10.1. The monoisotopic (exact) mass is 346 g/mol. The van der Waals surface area contributed by atoms with Gasteiger partial charge in [0.2, 0.25) is 0 Å². The van der Waals surface area contributed by atoms with Gasteiger partial charge in [-0.1, -0.05) is 23.2 Å². The van der Waals surface area contributed by atoms with E-state index >= 15 is 0 Å². The fraction of sp³-hybridized carbons (Fsp3) is 0.625. The molecule has 2 N–H and O–H groups in total. The molecule has 6 heteroatoms. The van der Waals surface area contributed by atoms with Crippen LogP contribution in [0.5, 0.6) is 0 Å². The standard InChI is InChI=1S/C16H24Cl2N2O2/c1-11-8-19(5-6-20(11)9-12(2)21)10-16(22)14-7-13(17)3-4-15(14)18/h3-4,7,11-12,16,21-22H,5-6,8-10H2,1-2H3. The van der Waals surface area contributed by atoms with Crippen molar-refractivity contribution >= 4 is 23.2 Å². The van der Waals surface area contributed by atoms with Gasteiger partial charge in [0.05, 0.1) is 12.2 Å². The molecular weight excluding hydrogens is 323 g/mol. The Kier molecular flexibility index (Phi) is 6.50. The lowest BCUT2D eigenvalue weighted by Crippen LogP contribution is -2.54. The van der Waals surface area contributed by atoms with E-state index in [2.05, 4.69) is 16.7 Å². The number of aliphatic hydroxyl groups excluding tert-OH is 2. The number of nitrogens with zero attached hydrogens (tertiary/aromatic N) is 2. The Labute approximate surface area is 142 Å². The van der Waals surface area contributed by atoms with E-state index in [4.69, 9.17) is 23.2 Å². The largest absolute Gasteiger partial charge is 0.392 e. The van der Waals surface area contributed by atoms with Crippen LogP contribution in [-0.2, 0) is 0 Å². The van der Waals surface area contributed by atoms with Crippen LogP contribution in [0, 0.1) is 0 Å². The molecule has 1 fully saturated rings. The van der Waals surface area contributed by atoms with Gasteiger partial charge in [0.1, 0.15) is 0 Å². The van der Waals surface area contributed by atoms with Crippen molar-refractivity contribution in [3.8, 4) is 0 Å². The molecule has 0 aromatic heterocycles. The number of piperazine rings is 1. The van der Waals surface area contributed by atoms with Crippen molar-refractivity contribution in [1.82, 2.24) is 9.80 Å². The number of halogens is 2. The summed E-state index contributed by atoms with van der Waals surface area (Å²) < 4.78 is 0. The van der Waals surface area contributed by atoms with Gasteiger partial charge in [0.25, 0.3) is 0 Å². The molecule has 1 aromatic rings. The summed E-state index contributed by atoms with van der Waals surface area (Å²) >= 11 is 12.1. The van der Waals surface area contributed by atoms with Crippen LogP contribution in [0.15, 0.2) is 18.2 Å². The third-order valence-corrected chi connectivity index (χ3v) is 4.68. The molecule has 3 unspecified atom stereocenters. The molecule has 0 bridgehead atoms. The molecule has 1 aliphatic heterocycles. The molecule has 4 nitrogen and oxygen atoms in total. The van der Waals surface area contributed by atoms with Crippen molar-refractivity contribution in [3.63, 3.8) is 0 Å². The Morgan fingerprint density at radius 2 is 1.95 bits per heavy atom. The molecule has 2 rings (SSSR count). The normalized spacial score (nSPS) is 23.5. The molecule has 124 valence electrons. The summed E-state index contributed by atoms with van der Waals surface area (Å²) in [5.41, 5.74) is 0.674. The minimum Gasteiger partial charge on any atom is -0.392 e. The van der Waals surface area contributed by atoms with Gasteiger partial charge in [-0.3, -0.25) is 9.80 Å². The third kappa shape index (κ3) is 4.82. The van der Waals surface area contributed by atoms with Crippen molar-refractivity contribution < 1.29 is 10.2 Å². The predicted octanol–water partition coefficient (Wildman–Crippen LogP) is 2.41. The summed E-state index contributed by atoms with van der Waals surface area (Å²) in [7, 11) is 0. The minimum absolute atomic E-state index is 0.315. The van der Waals surface area contributed by atoms with E-state index in [0.29, 0.717) is 34.7 Å². The van der Waals surface area contributed by atoms with Gasteiger partial charge in [-0.25, -0.2) is 0 Å². The molecule has 22 heavy (non-hydrogen) atoms. The summed E-state index contributed by atoms with van der Waals surface area (Å²) in [5.74, 6) is 0. The Morgan fingerprint density at radius 1 is 1.23 bits per heavy atom. The van der Waals surface area contributed by atoms with Crippen LogP contribution in [0.1, 0.15) is 25.5 Å². The average molecular weight is 347 g/mol. The molecule has 0 amide bonds. The van der Waals surface area contributed by atoms with E-state index in [1.54, 1.807) is 18.2 Å². The number of hydrogen-bond donors (Lipinski definition) is 2. The van der Waals surface area contributed by atoms with Gasteiger partial charge in [-0.2, -0.15) is 0 Å². The fourth-order valence-corrected chi connectivity index (χ4v) is 3.38. The van der Waals surface area contributed by atoms with Crippen LogP contribution in [-0.4, -0.2) is 64.9 Å². The number of benzene rings is 1. The molecule has 0 saturated carbocycles. The second kappa shape index (κ2) is 7.95. The average Bonchev–Trinajstić information content (AvgIpc) is 2.44. The van der Waals surface area contributed by atoms with Gasteiger partial charge in [-0.05, 0) is 32.0 Å². The zero-order valence-corrected chi connectivity index (χ0v) is 14.6. The first-order chi connectivity index (χ1) is 10.4. The smallest absolute Gasteiger partial charge is 0.0931 e. The molecule has 0 radical (unpaired) electrons. The van der Waals surface area contributed by atoms with Crippen LogP contribution in [0.4, 0.5) is 0 Å². The number of β-amino-alcohol motifs (C(OH)–C–C–N with tert-alkyl or cyclic N) is 2. The van der Waals surface area contributed by atoms with Gasteiger partial charge in [-0.15, -0.1) is 0 Å². The molecule has 3 atom stereocenters. The zero-order valence-electron chi connectivity index (χ0n) is 13.0. The Hall–Kier alpha value is -0.360. The van der Waals surface area contributed by atoms with Crippen LogP contribution < -0.4 is 0 Å². The maximum Gasteiger partial charge on any atom is 0.0931 e. The number of aliphatic hydroxyl groups is 2. The second-order valence-electron chi connectivity index (χ2n) is 6.13. The molecule has 1 aliphatic rings. The Balaban J connectivity index is 1.93. The van der Waals surface area contributed by atoms with Crippen LogP contribution in [0.25, 0.3) is 0 Å². The minimum atomic E-state index is -0.651. The Morgan fingerprint density at radius 3 is 2.59 bits per heavy atom. The highest BCUT2D eigenvalue weighted by atomic mass is 35.5. The van der Waals surface area contributed by atoms with Gasteiger partial charge < -0.3 is 10.2 Å². The predicted molar refractivity (Wildman–Crippen MR) is 90.6 cm³/mol. The van der Waals surface area contributed by atoms with E-state index in [1.807, 2.05) is 6.92 Å². The van der Waals surface area contributed by atoms with Crippen molar-refractivity contribution in [2.24, 2.45) is 0 Å². The summed E-state index contributed by atoms with van der Waals surface area (Å²) in [6.07, 6.45) is -0.966. The molecule has 0 aliphatic carbocycles. The number of hydrogen-bond acceptors (Lipinski definition) is 4.